The van der Waals surface area contributed by atoms with Crippen LogP contribution >= 0.6 is 0 Å². The van der Waals surface area contributed by atoms with E-state index in [0.717, 1.165) is 12.8 Å². The smallest absolute Gasteiger partial charge is 0.310 e. The first-order chi connectivity index (χ1) is 7.27. The van der Waals surface area contributed by atoms with E-state index in [1.807, 2.05) is 12.2 Å². The van der Waals surface area contributed by atoms with Crippen molar-refractivity contribution in [2.75, 3.05) is 0 Å². The average molecular weight is 200 g/mol. The Labute approximate surface area is 88.2 Å². The Bertz CT molecular complexity index is 460. The second kappa shape index (κ2) is 2.96. The van der Waals surface area contributed by atoms with Crippen molar-refractivity contribution in [3.8, 4) is 0 Å². The Kier molecular flexibility index (Phi) is 1.72. The Hall–Kier alpha value is -1.57. The molecule has 0 amide bonds. The number of benzene rings is 1. The summed E-state index contributed by atoms with van der Waals surface area (Å²) in [6, 6.07) is 6.25. The van der Waals surface area contributed by atoms with Gasteiger partial charge >= 0.3 is 5.97 Å². The fraction of sp³-hybridized carbons (Fsp3) is 0.308. The summed E-state index contributed by atoms with van der Waals surface area (Å²) in [7, 11) is 0. The minimum atomic E-state index is -0.696. The molecule has 0 saturated heterocycles. The number of aliphatic carboxylic acids is 1. The van der Waals surface area contributed by atoms with Crippen LogP contribution in [0.4, 0.5) is 0 Å². The van der Waals surface area contributed by atoms with E-state index >= 15 is 0 Å². The third-order valence-corrected chi connectivity index (χ3v) is 3.53. The van der Waals surface area contributed by atoms with Gasteiger partial charge in [-0.1, -0.05) is 30.4 Å². The lowest BCUT2D eigenvalue weighted by atomic mass is 9.80. The monoisotopic (exact) mass is 200 g/mol. The first-order valence-corrected chi connectivity index (χ1v) is 5.30. The lowest BCUT2D eigenvalue weighted by Crippen LogP contribution is -2.21. The van der Waals surface area contributed by atoms with Crippen LogP contribution in [0.3, 0.4) is 0 Å². The predicted octanol–water partition coefficient (Wildman–Crippen LogP) is 2.44. The van der Waals surface area contributed by atoms with Gasteiger partial charge in [-0.3, -0.25) is 4.79 Å². The van der Waals surface area contributed by atoms with Crippen LogP contribution in [0.1, 0.15) is 29.0 Å². The van der Waals surface area contributed by atoms with E-state index in [2.05, 4.69) is 18.2 Å². The summed E-state index contributed by atoms with van der Waals surface area (Å²) in [5, 5.41) is 9.14. The molecule has 2 aliphatic carbocycles. The lowest BCUT2D eigenvalue weighted by Gasteiger charge is -2.23. The van der Waals surface area contributed by atoms with E-state index in [0.29, 0.717) is 0 Å². The van der Waals surface area contributed by atoms with E-state index in [-0.39, 0.29) is 11.8 Å². The maximum Gasteiger partial charge on any atom is 0.310 e. The van der Waals surface area contributed by atoms with Crippen LogP contribution in [0.2, 0.25) is 0 Å². The number of hydrogen-bond acceptors (Lipinski definition) is 1. The summed E-state index contributed by atoms with van der Waals surface area (Å²) in [6.07, 6.45) is 5.80. The molecule has 1 aromatic carbocycles. The van der Waals surface area contributed by atoms with Gasteiger partial charge in [0.25, 0.3) is 0 Å². The standard InChI is InChI=1S/C13H12O2/c14-13(15)11-7-5-9-3-1-2-8-4-6-10(11)12(8)9/h1-3,5,7,10-11H,4,6H2,(H,14,15). The van der Waals surface area contributed by atoms with Gasteiger partial charge in [0.15, 0.2) is 0 Å². The van der Waals surface area contributed by atoms with Gasteiger partial charge in [0.1, 0.15) is 0 Å². The number of hydrogen-bond donors (Lipinski definition) is 1. The van der Waals surface area contributed by atoms with Crippen molar-refractivity contribution in [2.45, 2.75) is 18.8 Å². The predicted molar refractivity (Wildman–Crippen MR) is 57.7 cm³/mol. The average Bonchev–Trinajstić information content (AvgIpc) is 2.65. The van der Waals surface area contributed by atoms with Gasteiger partial charge in [0, 0.05) is 5.92 Å². The quantitative estimate of drug-likeness (QED) is 0.756. The molecule has 2 aliphatic rings. The second-order valence-corrected chi connectivity index (χ2v) is 4.29. The molecule has 0 bridgehead atoms. The minimum absolute atomic E-state index is 0.207. The molecule has 3 rings (SSSR count). The fourth-order valence-corrected chi connectivity index (χ4v) is 2.86. The van der Waals surface area contributed by atoms with Gasteiger partial charge in [-0.15, -0.1) is 0 Å². The molecule has 2 heteroatoms. The van der Waals surface area contributed by atoms with Crippen molar-refractivity contribution in [1.29, 1.82) is 0 Å². The number of aryl methyl sites for hydroxylation is 1. The van der Waals surface area contributed by atoms with E-state index < -0.39 is 5.97 Å². The normalized spacial score (nSPS) is 26.4. The van der Waals surface area contributed by atoms with Gasteiger partial charge in [-0.05, 0) is 29.5 Å². The Morgan fingerprint density at radius 1 is 1.40 bits per heavy atom. The molecule has 2 unspecified atom stereocenters. The Morgan fingerprint density at radius 3 is 3.07 bits per heavy atom. The third kappa shape index (κ3) is 1.14. The lowest BCUT2D eigenvalue weighted by molar-refractivity contribution is -0.140. The maximum absolute atomic E-state index is 11.1. The van der Waals surface area contributed by atoms with E-state index in [1.54, 1.807) is 0 Å². The van der Waals surface area contributed by atoms with Crippen LogP contribution in [0, 0.1) is 5.92 Å². The highest BCUT2D eigenvalue weighted by Gasteiger charge is 2.35. The highest BCUT2D eigenvalue weighted by Crippen LogP contribution is 2.44. The van der Waals surface area contributed by atoms with Gasteiger partial charge in [0.2, 0.25) is 0 Å². The molecular weight excluding hydrogens is 188 g/mol. The van der Waals surface area contributed by atoms with E-state index in [4.69, 9.17) is 5.11 Å². The van der Waals surface area contributed by atoms with E-state index in [1.165, 1.54) is 16.7 Å². The summed E-state index contributed by atoms with van der Waals surface area (Å²) in [6.45, 7) is 0. The molecule has 1 N–H and O–H groups in total. The molecular formula is C13H12O2. The zero-order valence-corrected chi connectivity index (χ0v) is 8.31. The molecule has 2 atom stereocenters. The first kappa shape index (κ1) is 8.72. The van der Waals surface area contributed by atoms with Crippen molar-refractivity contribution >= 4 is 12.0 Å². The van der Waals surface area contributed by atoms with Crippen LogP contribution in [0.5, 0.6) is 0 Å². The molecule has 76 valence electrons. The maximum atomic E-state index is 11.1. The molecule has 0 heterocycles. The summed E-state index contributed by atoms with van der Waals surface area (Å²) >= 11 is 0. The highest BCUT2D eigenvalue weighted by atomic mass is 16.4. The van der Waals surface area contributed by atoms with Crippen LogP contribution in [-0.4, -0.2) is 11.1 Å². The second-order valence-electron chi connectivity index (χ2n) is 4.29. The third-order valence-electron chi connectivity index (χ3n) is 3.53. The molecule has 0 saturated carbocycles. The minimum Gasteiger partial charge on any atom is -0.481 e. The molecule has 2 nitrogen and oxygen atoms in total. The van der Waals surface area contributed by atoms with Crippen molar-refractivity contribution in [2.24, 2.45) is 5.92 Å². The van der Waals surface area contributed by atoms with E-state index in [9.17, 15) is 4.79 Å². The number of carboxylic acids is 1. The van der Waals surface area contributed by atoms with Crippen LogP contribution in [0.25, 0.3) is 6.08 Å². The number of carbonyl (C=O) groups is 1. The van der Waals surface area contributed by atoms with Crippen molar-refractivity contribution in [3.63, 3.8) is 0 Å². The van der Waals surface area contributed by atoms with Crippen LogP contribution < -0.4 is 0 Å². The molecule has 15 heavy (non-hydrogen) atoms. The van der Waals surface area contributed by atoms with Crippen LogP contribution in [-0.2, 0) is 11.2 Å². The van der Waals surface area contributed by atoms with Gasteiger partial charge in [-0.25, -0.2) is 0 Å². The largest absolute Gasteiger partial charge is 0.481 e. The Balaban J connectivity index is 2.16. The highest BCUT2D eigenvalue weighted by molar-refractivity contribution is 5.78. The first-order valence-electron chi connectivity index (χ1n) is 5.30. The molecule has 1 aromatic rings. The van der Waals surface area contributed by atoms with Crippen molar-refractivity contribution < 1.29 is 9.90 Å². The van der Waals surface area contributed by atoms with Gasteiger partial charge < -0.3 is 5.11 Å². The summed E-state index contributed by atoms with van der Waals surface area (Å²) in [5.74, 6) is -0.807. The number of rotatable bonds is 1. The van der Waals surface area contributed by atoms with Crippen LogP contribution in [0.15, 0.2) is 24.3 Å². The van der Waals surface area contributed by atoms with Crippen molar-refractivity contribution in [3.05, 3.63) is 41.0 Å². The SMILES string of the molecule is O=C(O)C1C=Cc2cccc3c2C1CC3. The molecule has 0 aliphatic heterocycles. The topological polar surface area (TPSA) is 37.3 Å². The van der Waals surface area contributed by atoms with Gasteiger partial charge in [-0.2, -0.15) is 0 Å². The van der Waals surface area contributed by atoms with Gasteiger partial charge in [0.05, 0.1) is 5.92 Å². The molecule has 0 aromatic heterocycles. The van der Waals surface area contributed by atoms with Crippen molar-refractivity contribution in [1.82, 2.24) is 0 Å². The zero-order valence-electron chi connectivity index (χ0n) is 8.31. The molecule has 0 spiro atoms. The number of carboxylic acid groups (broad SMARTS) is 1. The summed E-state index contributed by atoms with van der Waals surface area (Å²) in [4.78, 5) is 11.1. The fourth-order valence-electron chi connectivity index (χ4n) is 2.86. The Morgan fingerprint density at radius 2 is 2.27 bits per heavy atom. The molecule has 0 fully saturated rings. The zero-order chi connectivity index (χ0) is 10.4. The summed E-state index contributed by atoms with van der Waals surface area (Å²) in [5.41, 5.74) is 3.84. The molecule has 0 radical (unpaired) electrons. The summed E-state index contributed by atoms with van der Waals surface area (Å²) < 4.78 is 0.